The second kappa shape index (κ2) is 6.97. The maximum Gasteiger partial charge on any atom is 0.280 e. The van der Waals surface area contributed by atoms with Crippen LogP contribution in [0, 0.1) is 5.92 Å². The average molecular weight is 332 g/mol. The van der Waals surface area contributed by atoms with Crippen molar-refractivity contribution < 1.29 is 17.7 Å². The number of hydrogen-bond donors (Lipinski definition) is 1. The third kappa shape index (κ3) is 3.99. The summed E-state index contributed by atoms with van der Waals surface area (Å²) < 4.78 is 36.8. The van der Waals surface area contributed by atoms with Gasteiger partial charge in [-0.1, -0.05) is 13.8 Å². The summed E-state index contributed by atoms with van der Waals surface area (Å²) in [7, 11) is -1.79. The summed E-state index contributed by atoms with van der Waals surface area (Å²) in [6.07, 6.45) is 1.00. The van der Waals surface area contributed by atoms with Crippen LogP contribution in [0.4, 0.5) is 0 Å². The summed E-state index contributed by atoms with van der Waals surface area (Å²) in [6.45, 7) is 4.78. The van der Waals surface area contributed by atoms with E-state index in [-0.39, 0.29) is 29.3 Å². The monoisotopic (exact) mass is 332 g/mol. The average Bonchev–Trinajstić information content (AvgIpc) is 2.91. The Balaban J connectivity index is 1.96. The lowest BCUT2D eigenvalue weighted by Gasteiger charge is -2.31. The van der Waals surface area contributed by atoms with Crippen molar-refractivity contribution in [2.45, 2.75) is 38.7 Å². The number of rotatable bonds is 6. The third-order valence-electron chi connectivity index (χ3n) is 4.21. The molecule has 0 amide bonds. The molecule has 0 radical (unpaired) electrons. The Hall–Kier alpha value is -1.12. The van der Waals surface area contributed by atoms with E-state index < -0.39 is 10.0 Å². The molecule has 0 aromatic carbocycles. The van der Waals surface area contributed by atoms with Gasteiger partial charge in [-0.2, -0.15) is 5.16 Å². The molecule has 1 aromatic heterocycles. The molecule has 0 aliphatic carbocycles. The molecule has 1 N–H and O–H groups in total. The van der Waals surface area contributed by atoms with E-state index in [2.05, 4.69) is 5.16 Å². The molecule has 1 aliphatic heterocycles. The van der Waals surface area contributed by atoms with E-state index in [4.69, 9.17) is 9.26 Å². The summed E-state index contributed by atoms with van der Waals surface area (Å²) in [5, 5.41) is 2.27. The topological polar surface area (TPSA) is 92.6 Å². The van der Waals surface area contributed by atoms with E-state index in [0.717, 1.165) is 0 Å². The molecule has 1 saturated heterocycles. The smallest absolute Gasteiger partial charge is 0.280 e. The van der Waals surface area contributed by atoms with Crippen LogP contribution in [0.3, 0.4) is 0 Å². The number of hydrogen-bond acceptors (Lipinski definition) is 5. The van der Waals surface area contributed by atoms with Gasteiger partial charge in [0, 0.05) is 32.2 Å². The zero-order chi connectivity index (χ0) is 16.3. The molecule has 0 spiro atoms. The summed E-state index contributed by atoms with van der Waals surface area (Å²) in [5.41, 5.74) is -0.259. The van der Waals surface area contributed by atoms with Crippen LogP contribution in [-0.2, 0) is 14.8 Å². The Bertz CT molecular complexity index is 626. The quantitative estimate of drug-likeness (QED) is 0.843. The molecule has 1 aliphatic rings. The number of ether oxygens (including phenoxy) is 1. The number of piperidine rings is 1. The molecule has 0 bridgehead atoms. The number of H-pyrrole nitrogens is 1. The van der Waals surface area contributed by atoms with Crippen molar-refractivity contribution in [1.82, 2.24) is 9.46 Å². The van der Waals surface area contributed by atoms with Gasteiger partial charge in [-0.3, -0.25) is 4.79 Å². The largest absolute Gasteiger partial charge is 0.383 e. The number of aromatic amines is 1. The third-order valence-corrected chi connectivity index (χ3v) is 6.12. The van der Waals surface area contributed by atoms with Gasteiger partial charge in [-0.25, -0.2) is 12.7 Å². The van der Waals surface area contributed by atoms with Gasteiger partial charge in [0.1, 0.15) is 5.76 Å². The number of sulfonamides is 1. The minimum atomic E-state index is -3.33. The van der Waals surface area contributed by atoms with Gasteiger partial charge in [0.15, 0.2) is 0 Å². The zero-order valence-corrected chi connectivity index (χ0v) is 14.1. The Morgan fingerprint density at radius 3 is 2.50 bits per heavy atom. The highest BCUT2D eigenvalue weighted by Crippen LogP contribution is 2.28. The van der Waals surface area contributed by atoms with Crippen molar-refractivity contribution >= 4 is 10.0 Å². The van der Waals surface area contributed by atoms with Gasteiger partial charge < -0.3 is 9.26 Å². The molecule has 0 saturated carbocycles. The molecule has 7 nitrogen and oxygen atoms in total. The minimum Gasteiger partial charge on any atom is -0.383 e. The fourth-order valence-corrected chi connectivity index (χ4v) is 4.68. The fraction of sp³-hybridized carbons (Fsp3) is 0.786. The zero-order valence-electron chi connectivity index (χ0n) is 13.2. The van der Waals surface area contributed by atoms with Gasteiger partial charge in [0.25, 0.3) is 5.56 Å². The van der Waals surface area contributed by atoms with Crippen LogP contribution in [0.15, 0.2) is 15.4 Å². The molecule has 8 heteroatoms. The van der Waals surface area contributed by atoms with Crippen LogP contribution in [0.2, 0.25) is 0 Å². The lowest BCUT2D eigenvalue weighted by atomic mass is 9.96. The van der Waals surface area contributed by atoms with Crippen LogP contribution < -0.4 is 5.56 Å². The van der Waals surface area contributed by atoms with Crippen LogP contribution in [0.5, 0.6) is 0 Å². The van der Waals surface area contributed by atoms with Crippen molar-refractivity contribution in [3.8, 4) is 0 Å². The molecule has 1 aromatic rings. The van der Waals surface area contributed by atoms with Crippen LogP contribution in [0.25, 0.3) is 0 Å². The van der Waals surface area contributed by atoms with Gasteiger partial charge in [0.2, 0.25) is 10.0 Å². The van der Waals surface area contributed by atoms with Crippen molar-refractivity contribution in [1.29, 1.82) is 0 Å². The lowest BCUT2D eigenvalue weighted by Crippen LogP contribution is -2.42. The van der Waals surface area contributed by atoms with E-state index in [1.54, 1.807) is 7.11 Å². The fourth-order valence-electron chi connectivity index (χ4n) is 2.76. The Labute approximate surface area is 130 Å². The molecule has 1 atom stereocenters. The van der Waals surface area contributed by atoms with Crippen molar-refractivity contribution in [2.24, 2.45) is 5.92 Å². The van der Waals surface area contributed by atoms with Crippen LogP contribution >= 0.6 is 0 Å². The maximum atomic E-state index is 12.5. The summed E-state index contributed by atoms with van der Waals surface area (Å²) in [4.78, 5) is 11.1. The highest BCUT2D eigenvalue weighted by Gasteiger charge is 2.32. The van der Waals surface area contributed by atoms with Crippen molar-refractivity contribution in [3.63, 3.8) is 0 Å². The molecule has 2 rings (SSSR count). The first-order valence-electron chi connectivity index (χ1n) is 7.52. The summed E-state index contributed by atoms with van der Waals surface area (Å²) in [6, 6.07) is 1.44. The van der Waals surface area contributed by atoms with Gasteiger partial charge in [-0.05, 0) is 18.8 Å². The van der Waals surface area contributed by atoms with E-state index in [0.29, 0.717) is 31.7 Å². The second-order valence-corrected chi connectivity index (χ2v) is 8.10. The number of methoxy groups -OCH3 is 1. The van der Waals surface area contributed by atoms with Gasteiger partial charge in [-0.15, -0.1) is 0 Å². The second-order valence-electron chi connectivity index (χ2n) is 6.09. The standard InChI is InChI=1S/C14H24N2O5S/c1-10(2)13(20-3)9-22(18,19)16-6-4-11(5-7-16)12-8-14(17)15-21-12/h8,10-11,13H,4-7,9H2,1-3H3,(H,15,17). The van der Waals surface area contributed by atoms with Crippen LogP contribution in [-0.4, -0.2) is 49.9 Å². The predicted octanol–water partition coefficient (Wildman–Crippen LogP) is 1.15. The minimum absolute atomic E-state index is 0.00503. The molecule has 1 unspecified atom stereocenters. The highest BCUT2D eigenvalue weighted by molar-refractivity contribution is 7.89. The van der Waals surface area contributed by atoms with Crippen molar-refractivity contribution in [3.05, 3.63) is 22.2 Å². The first kappa shape index (κ1) is 17.2. The Morgan fingerprint density at radius 2 is 2.05 bits per heavy atom. The predicted molar refractivity (Wildman–Crippen MR) is 82.3 cm³/mol. The van der Waals surface area contributed by atoms with Gasteiger partial charge in [0.05, 0.1) is 11.9 Å². The number of aromatic nitrogens is 1. The van der Waals surface area contributed by atoms with Gasteiger partial charge >= 0.3 is 0 Å². The molecule has 2 heterocycles. The Morgan fingerprint density at radius 1 is 1.41 bits per heavy atom. The highest BCUT2D eigenvalue weighted by atomic mass is 32.2. The van der Waals surface area contributed by atoms with Crippen LogP contribution in [0.1, 0.15) is 38.4 Å². The van der Waals surface area contributed by atoms with E-state index in [9.17, 15) is 13.2 Å². The molecule has 22 heavy (non-hydrogen) atoms. The number of nitrogens with zero attached hydrogens (tertiary/aromatic N) is 1. The molecular weight excluding hydrogens is 308 g/mol. The number of nitrogens with one attached hydrogen (secondary N) is 1. The first-order valence-corrected chi connectivity index (χ1v) is 9.13. The maximum absolute atomic E-state index is 12.5. The normalized spacial score (nSPS) is 19.6. The van der Waals surface area contributed by atoms with E-state index >= 15 is 0 Å². The molecule has 1 fully saturated rings. The molecular formula is C14H24N2O5S. The Kier molecular flexibility index (Phi) is 5.46. The first-order chi connectivity index (χ1) is 10.3. The summed E-state index contributed by atoms with van der Waals surface area (Å²) >= 11 is 0. The molecule has 126 valence electrons. The SMILES string of the molecule is COC(CS(=O)(=O)N1CCC(c2cc(=O)[nH]o2)CC1)C(C)C. The van der Waals surface area contributed by atoms with Crippen molar-refractivity contribution in [2.75, 3.05) is 26.0 Å². The lowest BCUT2D eigenvalue weighted by molar-refractivity contribution is 0.0816. The van der Waals surface area contributed by atoms with E-state index in [1.165, 1.54) is 10.4 Å². The summed E-state index contributed by atoms with van der Waals surface area (Å²) in [5.74, 6) is 0.851. The van der Waals surface area contributed by atoms with E-state index in [1.807, 2.05) is 13.8 Å².